The van der Waals surface area contributed by atoms with Crippen molar-refractivity contribution >= 4 is 21.6 Å². The van der Waals surface area contributed by atoms with E-state index in [0.29, 0.717) is 5.69 Å². The maximum Gasteiger partial charge on any atom is 0.243 e. The number of amides is 1. The number of anilines is 1. The number of nitrogens with zero attached hydrogens (tertiary/aromatic N) is 1. The van der Waals surface area contributed by atoms with E-state index in [0.717, 1.165) is 5.56 Å². The van der Waals surface area contributed by atoms with E-state index in [9.17, 15) is 13.2 Å². The first kappa shape index (κ1) is 19.0. The fourth-order valence-electron chi connectivity index (χ4n) is 2.44. The topological polar surface area (TPSA) is 75.7 Å². The van der Waals surface area contributed by atoms with E-state index in [2.05, 4.69) is 5.32 Å². The van der Waals surface area contributed by atoms with Crippen LogP contribution in [0.4, 0.5) is 5.69 Å². The van der Waals surface area contributed by atoms with Gasteiger partial charge in [-0.05, 0) is 24.6 Å². The minimum Gasteiger partial charge on any atom is -0.495 e. The molecule has 0 unspecified atom stereocenters. The minimum absolute atomic E-state index is 0.101. The smallest absolute Gasteiger partial charge is 0.243 e. The number of nitrogens with one attached hydrogen (secondary N) is 1. The van der Waals surface area contributed by atoms with Crippen molar-refractivity contribution in [1.29, 1.82) is 0 Å². The second-order valence-electron chi connectivity index (χ2n) is 5.65. The summed E-state index contributed by atoms with van der Waals surface area (Å²) < 4.78 is 32.4. The molecule has 0 aliphatic carbocycles. The Morgan fingerprint density at radius 3 is 2.36 bits per heavy atom. The van der Waals surface area contributed by atoms with Crippen LogP contribution >= 0.6 is 0 Å². The highest BCUT2D eigenvalue weighted by atomic mass is 32.2. The van der Waals surface area contributed by atoms with Gasteiger partial charge in [0.1, 0.15) is 5.75 Å². The quantitative estimate of drug-likeness (QED) is 0.857. The Kier molecular flexibility index (Phi) is 5.81. The number of rotatable bonds is 6. The molecule has 25 heavy (non-hydrogen) atoms. The summed E-state index contributed by atoms with van der Waals surface area (Å²) in [5.74, 6) is 0.0285. The van der Waals surface area contributed by atoms with Gasteiger partial charge in [0.05, 0.1) is 17.7 Å². The minimum atomic E-state index is -3.72. The molecule has 0 saturated heterocycles. The molecule has 7 heteroatoms. The SMILES string of the molecule is COc1cc(S(=O)(=O)N(C)[C@H](C)c2ccccc2)ccc1NC(C)=O. The van der Waals surface area contributed by atoms with Gasteiger partial charge in [0.2, 0.25) is 15.9 Å². The summed E-state index contributed by atoms with van der Waals surface area (Å²) in [6.07, 6.45) is 0. The summed E-state index contributed by atoms with van der Waals surface area (Å²) in [6, 6.07) is 13.5. The Balaban J connectivity index is 2.37. The van der Waals surface area contributed by atoms with Crippen LogP contribution in [0.25, 0.3) is 0 Å². The lowest BCUT2D eigenvalue weighted by Gasteiger charge is -2.25. The first-order chi connectivity index (χ1) is 11.8. The van der Waals surface area contributed by atoms with Crippen LogP contribution in [0.1, 0.15) is 25.5 Å². The molecule has 2 rings (SSSR count). The molecule has 0 spiro atoms. The molecule has 1 N–H and O–H groups in total. The summed E-state index contributed by atoms with van der Waals surface area (Å²) >= 11 is 0. The summed E-state index contributed by atoms with van der Waals surface area (Å²) in [6.45, 7) is 3.20. The Labute approximate surface area is 148 Å². The van der Waals surface area contributed by atoms with Gasteiger partial charge < -0.3 is 10.1 Å². The Morgan fingerprint density at radius 2 is 1.80 bits per heavy atom. The molecule has 134 valence electrons. The maximum atomic E-state index is 12.9. The molecule has 0 fully saturated rings. The first-order valence-electron chi connectivity index (χ1n) is 7.76. The van der Waals surface area contributed by atoms with Crippen molar-refractivity contribution in [1.82, 2.24) is 4.31 Å². The Bertz CT molecular complexity index is 851. The van der Waals surface area contributed by atoms with Crippen LogP contribution in [-0.4, -0.2) is 32.8 Å². The van der Waals surface area contributed by atoms with Crippen molar-refractivity contribution < 1.29 is 17.9 Å². The number of ether oxygens (including phenoxy) is 1. The molecule has 1 amide bonds. The predicted molar refractivity (Wildman–Crippen MR) is 97.1 cm³/mol. The molecule has 6 nitrogen and oxygen atoms in total. The zero-order valence-electron chi connectivity index (χ0n) is 14.7. The number of methoxy groups -OCH3 is 1. The summed E-state index contributed by atoms with van der Waals surface area (Å²) in [5, 5.41) is 2.61. The maximum absolute atomic E-state index is 12.9. The van der Waals surface area contributed by atoms with Crippen molar-refractivity contribution in [3.05, 3.63) is 54.1 Å². The summed E-state index contributed by atoms with van der Waals surface area (Å²) in [5.41, 5.74) is 1.32. The summed E-state index contributed by atoms with van der Waals surface area (Å²) in [4.78, 5) is 11.3. The van der Waals surface area contributed by atoms with E-state index in [1.165, 1.54) is 36.5 Å². The van der Waals surface area contributed by atoms with E-state index in [-0.39, 0.29) is 22.6 Å². The van der Waals surface area contributed by atoms with Crippen LogP contribution in [-0.2, 0) is 14.8 Å². The van der Waals surface area contributed by atoms with Crippen molar-refractivity contribution in [3.8, 4) is 5.75 Å². The average Bonchev–Trinajstić information content (AvgIpc) is 2.60. The first-order valence-corrected chi connectivity index (χ1v) is 9.20. The van der Waals surface area contributed by atoms with Gasteiger partial charge in [-0.2, -0.15) is 4.31 Å². The van der Waals surface area contributed by atoms with Crippen molar-refractivity contribution in [2.45, 2.75) is 24.8 Å². The van der Waals surface area contributed by atoms with Crippen molar-refractivity contribution in [3.63, 3.8) is 0 Å². The molecule has 0 heterocycles. The van der Waals surface area contributed by atoms with E-state index >= 15 is 0 Å². The summed E-state index contributed by atoms with van der Waals surface area (Å²) in [7, 11) is -0.757. The number of hydrogen-bond acceptors (Lipinski definition) is 4. The Morgan fingerprint density at radius 1 is 1.16 bits per heavy atom. The fourth-order valence-corrected chi connectivity index (χ4v) is 3.81. The van der Waals surface area contributed by atoms with Crippen molar-refractivity contribution in [2.75, 3.05) is 19.5 Å². The zero-order valence-corrected chi connectivity index (χ0v) is 15.5. The second kappa shape index (κ2) is 7.67. The highest BCUT2D eigenvalue weighted by Gasteiger charge is 2.27. The highest BCUT2D eigenvalue weighted by Crippen LogP contribution is 2.31. The van der Waals surface area contributed by atoms with Gasteiger partial charge >= 0.3 is 0 Å². The van der Waals surface area contributed by atoms with Crippen LogP contribution in [0.3, 0.4) is 0 Å². The lowest BCUT2D eigenvalue weighted by Crippen LogP contribution is -2.29. The van der Waals surface area contributed by atoms with E-state index in [1.54, 1.807) is 7.05 Å². The molecular weight excluding hydrogens is 340 g/mol. The molecule has 0 radical (unpaired) electrons. The highest BCUT2D eigenvalue weighted by molar-refractivity contribution is 7.89. The largest absolute Gasteiger partial charge is 0.495 e. The third-order valence-corrected chi connectivity index (χ3v) is 5.91. The normalized spacial score (nSPS) is 12.7. The van der Waals surface area contributed by atoms with Crippen LogP contribution in [0.2, 0.25) is 0 Å². The third-order valence-electron chi connectivity index (χ3n) is 3.99. The van der Waals surface area contributed by atoms with Gasteiger partial charge in [0.25, 0.3) is 0 Å². The number of carbonyl (C=O) groups is 1. The van der Waals surface area contributed by atoms with Gasteiger partial charge in [0.15, 0.2) is 0 Å². The predicted octanol–water partition coefficient (Wildman–Crippen LogP) is 3.04. The fraction of sp³-hybridized carbons (Fsp3) is 0.278. The van der Waals surface area contributed by atoms with Gasteiger partial charge in [0, 0.05) is 26.1 Å². The number of hydrogen-bond donors (Lipinski definition) is 1. The average molecular weight is 362 g/mol. The van der Waals surface area contributed by atoms with Gasteiger partial charge in [-0.3, -0.25) is 4.79 Å². The second-order valence-corrected chi connectivity index (χ2v) is 7.65. The van der Waals surface area contributed by atoms with Gasteiger partial charge in [-0.1, -0.05) is 30.3 Å². The van der Waals surface area contributed by atoms with Gasteiger partial charge in [-0.15, -0.1) is 0 Å². The molecular formula is C18H22N2O4S. The third kappa shape index (κ3) is 4.18. The van der Waals surface area contributed by atoms with E-state index < -0.39 is 10.0 Å². The molecule has 0 aromatic heterocycles. The van der Waals surface area contributed by atoms with Crippen LogP contribution in [0, 0.1) is 0 Å². The lowest BCUT2D eigenvalue weighted by molar-refractivity contribution is -0.114. The molecule has 0 bridgehead atoms. The molecule has 0 aliphatic rings. The number of benzene rings is 2. The molecule has 0 aliphatic heterocycles. The van der Waals surface area contributed by atoms with Gasteiger partial charge in [-0.25, -0.2) is 8.42 Å². The number of carbonyl (C=O) groups excluding carboxylic acids is 1. The molecule has 2 aromatic rings. The van der Waals surface area contributed by atoms with E-state index in [4.69, 9.17) is 4.74 Å². The van der Waals surface area contributed by atoms with Crippen LogP contribution in [0.15, 0.2) is 53.4 Å². The molecule has 0 saturated carbocycles. The zero-order chi connectivity index (χ0) is 18.6. The van der Waals surface area contributed by atoms with Crippen LogP contribution < -0.4 is 10.1 Å². The lowest BCUT2D eigenvalue weighted by atomic mass is 10.1. The van der Waals surface area contributed by atoms with Crippen molar-refractivity contribution in [2.24, 2.45) is 0 Å². The number of sulfonamides is 1. The molecule has 1 atom stereocenters. The Hall–Kier alpha value is -2.38. The standard InChI is InChI=1S/C18H22N2O4S/c1-13(15-8-6-5-7-9-15)20(3)25(22,23)16-10-11-17(19-14(2)21)18(12-16)24-4/h5-13H,1-4H3,(H,19,21)/t13-/m1/s1. The molecule has 2 aromatic carbocycles. The van der Waals surface area contributed by atoms with Crippen LogP contribution in [0.5, 0.6) is 5.75 Å². The van der Waals surface area contributed by atoms with E-state index in [1.807, 2.05) is 37.3 Å². The monoisotopic (exact) mass is 362 g/mol.